The normalized spacial score (nSPS) is 16.4. The minimum atomic E-state index is -3.37. The van der Waals surface area contributed by atoms with E-state index >= 15 is 0 Å². The molecule has 4 rings (SSSR count). The number of amides is 1. The minimum Gasteiger partial charge on any atom is -0.497 e. The van der Waals surface area contributed by atoms with Crippen LogP contribution < -0.4 is 19.7 Å². The third kappa shape index (κ3) is 6.99. The zero-order valence-electron chi connectivity index (χ0n) is 20.6. The second-order valence-corrected chi connectivity index (χ2v) is 10.7. The standard InChI is InChI=1S/C27H32N4O4S/c1-35-26-10-6-9-24(17-26)31-16-15-30(19-21-7-4-3-5-8-21)25(20-31)18-28-27(32)22-11-13-23(14-12-22)29-36(2,33)34/h3-14,17,25,29H,15-16,18-20H2,1-2H3,(H,28,32). The Morgan fingerprint density at radius 2 is 1.75 bits per heavy atom. The SMILES string of the molecule is COc1cccc(N2CCN(Cc3ccccc3)C(CNC(=O)c3ccc(NS(C)(=O)=O)cc3)C2)c1. The van der Waals surface area contributed by atoms with Gasteiger partial charge in [0, 0.05) is 61.8 Å². The molecule has 2 N–H and O–H groups in total. The van der Waals surface area contributed by atoms with Gasteiger partial charge in [-0.1, -0.05) is 36.4 Å². The molecule has 8 nitrogen and oxygen atoms in total. The topological polar surface area (TPSA) is 91.0 Å². The van der Waals surface area contributed by atoms with Gasteiger partial charge in [0.2, 0.25) is 10.0 Å². The minimum absolute atomic E-state index is 0.0975. The van der Waals surface area contributed by atoms with Crippen molar-refractivity contribution in [2.45, 2.75) is 12.6 Å². The van der Waals surface area contributed by atoms with Gasteiger partial charge in [0.15, 0.2) is 0 Å². The van der Waals surface area contributed by atoms with Gasteiger partial charge in [-0.25, -0.2) is 8.42 Å². The fraction of sp³-hybridized carbons (Fsp3) is 0.296. The molecule has 3 aromatic carbocycles. The third-order valence-corrected chi connectivity index (χ3v) is 6.81. The second kappa shape index (κ2) is 11.5. The van der Waals surface area contributed by atoms with Crippen molar-refractivity contribution in [1.29, 1.82) is 0 Å². The van der Waals surface area contributed by atoms with E-state index in [1.165, 1.54) is 5.56 Å². The summed E-state index contributed by atoms with van der Waals surface area (Å²) in [6.45, 7) is 3.78. The van der Waals surface area contributed by atoms with Crippen LogP contribution in [0.5, 0.6) is 5.75 Å². The molecule has 0 bridgehead atoms. The van der Waals surface area contributed by atoms with Gasteiger partial charge in [0.1, 0.15) is 5.75 Å². The average molecular weight is 509 g/mol. The number of rotatable bonds is 9. The molecular weight excluding hydrogens is 476 g/mol. The number of nitrogens with one attached hydrogen (secondary N) is 2. The van der Waals surface area contributed by atoms with Crippen molar-refractivity contribution in [3.05, 3.63) is 90.0 Å². The number of sulfonamides is 1. The van der Waals surface area contributed by atoms with E-state index in [0.29, 0.717) is 17.8 Å². The maximum absolute atomic E-state index is 12.9. The zero-order valence-corrected chi connectivity index (χ0v) is 21.4. The quantitative estimate of drug-likeness (QED) is 0.461. The Morgan fingerprint density at radius 1 is 1.00 bits per heavy atom. The Morgan fingerprint density at radius 3 is 2.44 bits per heavy atom. The Kier molecular flexibility index (Phi) is 8.12. The molecule has 36 heavy (non-hydrogen) atoms. The van der Waals surface area contributed by atoms with Gasteiger partial charge in [-0.3, -0.25) is 14.4 Å². The molecule has 0 aliphatic carbocycles. The first kappa shape index (κ1) is 25.5. The summed E-state index contributed by atoms with van der Waals surface area (Å²) in [5.74, 6) is 0.622. The number of ether oxygens (including phenoxy) is 1. The highest BCUT2D eigenvalue weighted by Crippen LogP contribution is 2.24. The highest BCUT2D eigenvalue weighted by molar-refractivity contribution is 7.92. The highest BCUT2D eigenvalue weighted by Gasteiger charge is 2.28. The van der Waals surface area contributed by atoms with Crippen LogP contribution in [-0.4, -0.2) is 64.8 Å². The van der Waals surface area contributed by atoms with Gasteiger partial charge in [0.25, 0.3) is 5.91 Å². The largest absolute Gasteiger partial charge is 0.497 e. The average Bonchev–Trinajstić information content (AvgIpc) is 2.88. The lowest BCUT2D eigenvalue weighted by Gasteiger charge is -2.42. The summed E-state index contributed by atoms with van der Waals surface area (Å²) in [5.41, 5.74) is 3.23. The molecule has 1 amide bonds. The maximum atomic E-state index is 12.9. The van der Waals surface area contributed by atoms with Crippen molar-refractivity contribution in [2.24, 2.45) is 0 Å². The predicted molar refractivity (Wildman–Crippen MR) is 143 cm³/mol. The number of piperazine rings is 1. The smallest absolute Gasteiger partial charge is 0.251 e. The van der Waals surface area contributed by atoms with E-state index in [0.717, 1.165) is 43.9 Å². The molecule has 0 aromatic heterocycles. The number of hydrogen-bond donors (Lipinski definition) is 2. The summed E-state index contributed by atoms with van der Waals surface area (Å²) in [7, 11) is -1.70. The molecule has 190 valence electrons. The lowest BCUT2D eigenvalue weighted by molar-refractivity contribution is 0.0924. The summed E-state index contributed by atoms with van der Waals surface area (Å²) in [6, 6.07) is 24.9. The van der Waals surface area contributed by atoms with Crippen LogP contribution in [0.4, 0.5) is 11.4 Å². The summed E-state index contributed by atoms with van der Waals surface area (Å²) >= 11 is 0. The van der Waals surface area contributed by atoms with Crippen LogP contribution in [0, 0.1) is 0 Å². The first-order valence-corrected chi connectivity index (χ1v) is 13.7. The van der Waals surface area contributed by atoms with E-state index in [1.54, 1.807) is 31.4 Å². The Bertz CT molecular complexity index is 1270. The number of hydrogen-bond acceptors (Lipinski definition) is 6. The van der Waals surface area contributed by atoms with E-state index in [2.05, 4.69) is 38.0 Å². The number of methoxy groups -OCH3 is 1. The zero-order chi connectivity index (χ0) is 25.5. The van der Waals surface area contributed by atoms with Crippen LogP contribution in [0.3, 0.4) is 0 Å². The summed E-state index contributed by atoms with van der Waals surface area (Å²) < 4.78 is 30.6. The van der Waals surface area contributed by atoms with E-state index in [1.807, 2.05) is 36.4 Å². The molecule has 1 saturated heterocycles. The van der Waals surface area contributed by atoms with E-state index in [4.69, 9.17) is 4.74 Å². The first-order valence-electron chi connectivity index (χ1n) is 11.8. The molecule has 1 atom stereocenters. The van der Waals surface area contributed by atoms with Crippen LogP contribution >= 0.6 is 0 Å². The molecule has 0 saturated carbocycles. The number of anilines is 2. The third-order valence-electron chi connectivity index (χ3n) is 6.20. The molecule has 0 radical (unpaired) electrons. The molecule has 1 aliphatic heterocycles. The van der Waals surface area contributed by atoms with Crippen molar-refractivity contribution in [2.75, 3.05) is 49.2 Å². The van der Waals surface area contributed by atoms with Crippen molar-refractivity contribution in [1.82, 2.24) is 10.2 Å². The van der Waals surface area contributed by atoms with Crippen molar-refractivity contribution >= 4 is 27.3 Å². The van der Waals surface area contributed by atoms with Crippen LogP contribution in [0.2, 0.25) is 0 Å². The van der Waals surface area contributed by atoms with Crippen LogP contribution in [0.1, 0.15) is 15.9 Å². The Hall–Kier alpha value is -3.56. The molecule has 3 aromatic rings. The maximum Gasteiger partial charge on any atom is 0.251 e. The fourth-order valence-electron chi connectivity index (χ4n) is 4.37. The molecule has 1 aliphatic rings. The number of benzene rings is 3. The fourth-order valence-corrected chi connectivity index (χ4v) is 4.93. The number of carbonyl (C=O) groups excluding carboxylic acids is 1. The predicted octanol–water partition coefficient (Wildman–Crippen LogP) is 3.19. The summed E-state index contributed by atoms with van der Waals surface area (Å²) in [6.07, 6.45) is 1.09. The molecule has 1 heterocycles. The molecule has 1 fully saturated rings. The second-order valence-electron chi connectivity index (χ2n) is 8.92. The number of carbonyl (C=O) groups is 1. The van der Waals surface area contributed by atoms with E-state index < -0.39 is 10.0 Å². The van der Waals surface area contributed by atoms with Gasteiger partial charge < -0.3 is 15.0 Å². The summed E-state index contributed by atoms with van der Waals surface area (Å²) in [4.78, 5) is 17.6. The molecule has 1 unspecified atom stereocenters. The van der Waals surface area contributed by atoms with Crippen molar-refractivity contribution in [3.63, 3.8) is 0 Å². The van der Waals surface area contributed by atoms with Gasteiger partial charge >= 0.3 is 0 Å². The lowest BCUT2D eigenvalue weighted by Crippen LogP contribution is -2.56. The lowest BCUT2D eigenvalue weighted by atomic mass is 10.1. The van der Waals surface area contributed by atoms with Gasteiger partial charge in [-0.15, -0.1) is 0 Å². The van der Waals surface area contributed by atoms with Crippen molar-refractivity contribution < 1.29 is 17.9 Å². The van der Waals surface area contributed by atoms with E-state index in [-0.39, 0.29) is 11.9 Å². The Balaban J connectivity index is 1.45. The van der Waals surface area contributed by atoms with E-state index in [9.17, 15) is 13.2 Å². The van der Waals surface area contributed by atoms with Gasteiger partial charge in [0.05, 0.1) is 13.4 Å². The monoisotopic (exact) mass is 508 g/mol. The van der Waals surface area contributed by atoms with Crippen LogP contribution in [0.15, 0.2) is 78.9 Å². The van der Waals surface area contributed by atoms with Gasteiger partial charge in [-0.05, 0) is 42.0 Å². The molecule has 9 heteroatoms. The summed E-state index contributed by atoms with van der Waals surface area (Å²) in [5, 5.41) is 3.08. The highest BCUT2D eigenvalue weighted by atomic mass is 32.2. The van der Waals surface area contributed by atoms with Gasteiger partial charge in [-0.2, -0.15) is 0 Å². The molecule has 0 spiro atoms. The number of nitrogens with zero attached hydrogens (tertiary/aromatic N) is 2. The first-order chi connectivity index (χ1) is 17.3. The molecular formula is C27H32N4O4S. The Labute approximate surface area is 212 Å². The van der Waals surface area contributed by atoms with Crippen LogP contribution in [-0.2, 0) is 16.6 Å². The van der Waals surface area contributed by atoms with Crippen molar-refractivity contribution in [3.8, 4) is 5.75 Å². The van der Waals surface area contributed by atoms with Crippen LogP contribution in [0.25, 0.3) is 0 Å².